The molecule has 0 saturated carbocycles. The van der Waals surface area contributed by atoms with Gasteiger partial charge < -0.3 is 19.8 Å². The van der Waals surface area contributed by atoms with E-state index in [1.54, 1.807) is 18.4 Å². The number of thiazole rings is 1. The summed E-state index contributed by atoms with van der Waals surface area (Å²) in [6, 6.07) is 4.23. The number of ether oxygens (including phenoxy) is 1. The number of furan rings is 1. The van der Waals surface area contributed by atoms with Gasteiger partial charge in [-0.25, -0.2) is 4.98 Å². The quantitative estimate of drug-likeness (QED) is 0.557. The molecule has 0 amide bonds. The number of aliphatic imine (C=N–C) groups is 1. The standard InChI is InChI=1S/C19H29N5O2S/c1-4-15-11-21-18(27-15)13-23-19(20-3)22-12-16(17-6-5-14(2)26-17)24-7-9-25-10-8-24/h5-6,11,16H,4,7-10,12-13H2,1-3H3,(H2,20,22,23). The molecule has 2 N–H and O–H groups in total. The largest absolute Gasteiger partial charge is 0.465 e. The summed E-state index contributed by atoms with van der Waals surface area (Å²) in [6.07, 6.45) is 2.97. The number of aryl methyl sites for hydroxylation is 2. The van der Waals surface area contributed by atoms with Crippen LogP contribution in [0.3, 0.4) is 0 Å². The number of aromatic nitrogens is 1. The van der Waals surface area contributed by atoms with Gasteiger partial charge in [0.25, 0.3) is 0 Å². The van der Waals surface area contributed by atoms with Gasteiger partial charge >= 0.3 is 0 Å². The summed E-state index contributed by atoms with van der Waals surface area (Å²) in [6.45, 7) is 8.82. The van der Waals surface area contributed by atoms with Crippen LogP contribution in [0.5, 0.6) is 0 Å². The second-order valence-electron chi connectivity index (χ2n) is 6.49. The minimum atomic E-state index is 0.146. The van der Waals surface area contributed by atoms with Crippen LogP contribution in [0.1, 0.15) is 34.4 Å². The molecule has 0 aromatic carbocycles. The Balaban J connectivity index is 1.58. The lowest BCUT2D eigenvalue weighted by Crippen LogP contribution is -2.46. The van der Waals surface area contributed by atoms with Gasteiger partial charge in [-0.2, -0.15) is 0 Å². The van der Waals surface area contributed by atoms with Crippen LogP contribution in [0.25, 0.3) is 0 Å². The highest BCUT2D eigenvalue weighted by atomic mass is 32.1. The number of nitrogens with one attached hydrogen (secondary N) is 2. The van der Waals surface area contributed by atoms with Crippen LogP contribution in [0.4, 0.5) is 0 Å². The zero-order valence-electron chi connectivity index (χ0n) is 16.3. The van der Waals surface area contributed by atoms with E-state index in [9.17, 15) is 0 Å². The van der Waals surface area contributed by atoms with Crippen molar-refractivity contribution in [2.45, 2.75) is 32.9 Å². The van der Waals surface area contributed by atoms with Crippen LogP contribution in [0.2, 0.25) is 0 Å². The van der Waals surface area contributed by atoms with Crippen LogP contribution < -0.4 is 10.6 Å². The van der Waals surface area contributed by atoms with Crippen molar-refractivity contribution in [2.24, 2.45) is 4.99 Å². The molecule has 3 heterocycles. The maximum atomic E-state index is 5.92. The highest BCUT2D eigenvalue weighted by molar-refractivity contribution is 7.11. The molecule has 148 valence electrons. The molecule has 2 aromatic rings. The highest BCUT2D eigenvalue weighted by Crippen LogP contribution is 2.23. The monoisotopic (exact) mass is 391 g/mol. The summed E-state index contributed by atoms with van der Waals surface area (Å²) in [5, 5.41) is 7.86. The lowest BCUT2D eigenvalue weighted by molar-refractivity contribution is 0.0124. The van der Waals surface area contributed by atoms with Crippen LogP contribution in [0.15, 0.2) is 27.7 Å². The maximum absolute atomic E-state index is 5.92. The van der Waals surface area contributed by atoms with E-state index < -0.39 is 0 Å². The molecule has 1 saturated heterocycles. The van der Waals surface area contributed by atoms with Crippen molar-refractivity contribution in [3.05, 3.63) is 39.7 Å². The summed E-state index contributed by atoms with van der Waals surface area (Å²) < 4.78 is 11.4. The second-order valence-corrected chi connectivity index (χ2v) is 7.69. The fourth-order valence-corrected chi connectivity index (χ4v) is 3.90. The molecule has 1 fully saturated rings. The molecular formula is C19H29N5O2S. The molecule has 1 atom stereocenters. The van der Waals surface area contributed by atoms with Gasteiger partial charge in [-0.15, -0.1) is 11.3 Å². The third kappa shape index (κ3) is 5.54. The van der Waals surface area contributed by atoms with Gasteiger partial charge in [0, 0.05) is 37.8 Å². The van der Waals surface area contributed by atoms with Crippen molar-refractivity contribution in [1.82, 2.24) is 20.5 Å². The molecule has 1 aliphatic rings. The normalized spacial score (nSPS) is 17.1. The summed E-state index contributed by atoms with van der Waals surface area (Å²) in [4.78, 5) is 12.5. The van der Waals surface area contributed by atoms with Crippen LogP contribution in [-0.2, 0) is 17.7 Å². The maximum Gasteiger partial charge on any atom is 0.191 e. The van der Waals surface area contributed by atoms with Crippen molar-refractivity contribution < 1.29 is 9.15 Å². The molecule has 3 rings (SSSR count). The molecule has 0 radical (unpaired) electrons. The average Bonchev–Trinajstić information content (AvgIpc) is 3.34. The van der Waals surface area contributed by atoms with E-state index in [1.807, 2.05) is 19.2 Å². The first-order valence-corrected chi connectivity index (χ1v) is 10.3. The Morgan fingerprint density at radius 3 is 2.78 bits per heavy atom. The van der Waals surface area contributed by atoms with Crippen molar-refractivity contribution in [3.63, 3.8) is 0 Å². The Morgan fingerprint density at radius 2 is 2.15 bits per heavy atom. The van der Waals surface area contributed by atoms with Crippen molar-refractivity contribution in [2.75, 3.05) is 39.9 Å². The minimum Gasteiger partial charge on any atom is -0.465 e. The lowest BCUT2D eigenvalue weighted by atomic mass is 10.1. The number of rotatable bonds is 7. The lowest BCUT2D eigenvalue weighted by Gasteiger charge is -2.33. The SMILES string of the molecule is CCc1cnc(CNC(=NC)NCC(c2ccc(C)o2)N2CCOCC2)s1. The average molecular weight is 392 g/mol. The van der Waals surface area contributed by atoms with Gasteiger partial charge in [-0.3, -0.25) is 9.89 Å². The first kappa shape index (κ1) is 19.9. The van der Waals surface area contributed by atoms with Gasteiger partial charge in [0.2, 0.25) is 0 Å². The molecule has 27 heavy (non-hydrogen) atoms. The van der Waals surface area contributed by atoms with E-state index in [0.29, 0.717) is 13.1 Å². The van der Waals surface area contributed by atoms with Gasteiger partial charge in [0.05, 0.1) is 25.8 Å². The number of hydrogen-bond donors (Lipinski definition) is 2. The van der Waals surface area contributed by atoms with Crippen LogP contribution >= 0.6 is 11.3 Å². The number of morpholine rings is 1. The Labute approximate surface area is 164 Å². The van der Waals surface area contributed by atoms with Crippen molar-refractivity contribution in [3.8, 4) is 0 Å². The third-order valence-corrected chi connectivity index (χ3v) is 5.76. The fraction of sp³-hybridized carbons (Fsp3) is 0.579. The predicted octanol–water partition coefficient (Wildman–Crippen LogP) is 2.35. The second kappa shape index (κ2) is 9.87. The fourth-order valence-electron chi connectivity index (χ4n) is 3.10. The highest BCUT2D eigenvalue weighted by Gasteiger charge is 2.25. The smallest absolute Gasteiger partial charge is 0.191 e. The van der Waals surface area contributed by atoms with E-state index in [2.05, 4.69) is 38.5 Å². The Kier molecular flexibility index (Phi) is 7.25. The molecule has 1 aliphatic heterocycles. The zero-order valence-corrected chi connectivity index (χ0v) is 17.1. The molecule has 0 spiro atoms. The van der Waals surface area contributed by atoms with E-state index in [0.717, 1.165) is 55.2 Å². The van der Waals surface area contributed by atoms with E-state index in [1.165, 1.54) is 4.88 Å². The van der Waals surface area contributed by atoms with Gasteiger partial charge in [-0.05, 0) is 25.5 Å². The summed E-state index contributed by atoms with van der Waals surface area (Å²) in [5.74, 6) is 2.68. The van der Waals surface area contributed by atoms with E-state index >= 15 is 0 Å². The van der Waals surface area contributed by atoms with E-state index in [-0.39, 0.29) is 6.04 Å². The minimum absolute atomic E-state index is 0.146. The number of hydrogen-bond acceptors (Lipinski definition) is 6. The Hall–Kier alpha value is -1.90. The Bertz CT molecular complexity index is 736. The summed E-state index contributed by atoms with van der Waals surface area (Å²) in [5.41, 5.74) is 0. The number of guanidine groups is 1. The Morgan fingerprint density at radius 1 is 1.33 bits per heavy atom. The van der Waals surface area contributed by atoms with Crippen LogP contribution in [-0.4, -0.2) is 55.7 Å². The summed E-state index contributed by atoms with van der Waals surface area (Å²) >= 11 is 1.74. The number of nitrogens with zero attached hydrogens (tertiary/aromatic N) is 3. The first-order valence-electron chi connectivity index (χ1n) is 9.45. The molecule has 1 unspecified atom stereocenters. The summed E-state index contributed by atoms with van der Waals surface area (Å²) in [7, 11) is 1.79. The van der Waals surface area contributed by atoms with Gasteiger partial charge in [0.15, 0.2) is 5.96 Å². The molecule has 7 nitrogen and oxygen atoms in total. The predicted molar refractivity (Wildman–Crippen MR) is 108 cm³/mol. The topological polar surface area (TPSA) is 74.9 Å². The molecule has 0 aliphatic carbocycles. The van der Waals surface area contributed by atoms with Gasteiger partial charge in [-0.1, -0.05) is 6.92 Å². The van der Waals surface area contributed by atoms with Crippen molar-refractivity contribution >= 4 is 17.3 Å². The first-order chi connectivity index (χ1) is 13.2. The zero-order chi connectivity index (χ0) is 19.1. The molecule has 2 aromatic heterocycles. The van der Waals surface area contributed by atoms with Crippen LogP contribution in [0, 0.1) is 6.92 Å². The van der Waals surface area contributed by atoms with Gasteiger partial charge in [0.1, 0.15) is 16.5 Å². The molecule has 0 bridgehead atoms. The van der Waals surface area contributed by atoms with E-state index in [4.69, 9.17) is 9.15 Å². The molecular weight excluding hydrogens is 362 g/mol. The van der Waals surface area contributed by atoms with Crippen molar-refractivity contribution in [1.29, 1.82) is 0 Å². The molecule has 8 heteroatoms. The third-order valence-electron chi connectivity index (χ3n) is 4.62.